The van der Waals surface area contributed by atoms with Gasteiger partial charge < -0.3 is 15.7 Å². The Morgan fingerprint density at radius 1 is 1.40 bits per heavy atom. The van der Waals surface area contributed by atoms with Gasteiger partial charge in [0.15, 0.2) is 0 Å². The van der Waals surface area contributed by atoms with E-state index in [1.54, 1.807) is 6.07 Å². The standard InChI is InChI=1S/C14H19FN2O3/c1-3-4-7-12(13(18)19)17-14(20)16-11-8-5-6-10(15)9(11)2/h5-6,8,12H,3-4,7H2,1-2H3,(H,18,19)(H2,16,17,20). The predicted octanol–water partition coefficient (Wildman–Crippen LogP) is 2.90. The van der Waals surface area contributed by atoms with Crippen LogP contribution in [0.1, 0.15) is 31.7 Å². The molecule has 3 N–H and O–H groups in total. The summed E-state index contributed by atoms with van der Waals surface area (Å²) in [4.78, 5) is 22.8. The van der Waals surface area contributed by atoms with Crippen LogP contribution in [0.3, 0.4) is 0 Å². The van der Waals surface area contributed by atoms with Crippen molar-refractivity contribution < 1.29 is 19.1 Å². The summed E-state index contributed by atoms with van der Waals surface area (Å²) >= 11 is 0. The van der Waals surface area contributed by atoms with Gasteiger partial charge in [-0.15, -0.1) is 0 Å². The number of carboxylic acids is 1. The van der Waals surface area contributed by atoms with Gasteiger partial charge >= 0.3 is 12.0 Å². The summed E-state index contributed by atoms with van der Waals surface area (Å²) in [5.74, 6) is -1.51. The summed E-state index contributed by atoms with van der Waals surface area (Å²) in [7, 11) is 0. The van der Waals surface area contributed by atoms with Crippen LogP contribution in [0.4, 0.5) is 14.9 Å². The Bertz CT molecular complexity index is 491. The lowest BCUT2D eigenvalue weighted by Crippen LogP contribution is -2.43. The molecule has 1 unspecified atom stereocenters. The Morgan fingerprint density at radius 2 is 2.10 bits per heavy atom. The predicted molar refractivity (Wildman–Crippen MR) is 74.2 cm³/mol. The zero-order valence-corrected chi connectivity index (χ0v) is 11.6. The quantitative estimate of drug-likeness (QED) is 0.750. The molecule has 20 heavy (non-hydrogen) atoms. The third kappa shape index (κ3) is 4.53. The van der Waals surface area contributed by atoms with E-state index in [2.05, 4.69) is 10.6 Å². The van der Waals surface area contributed by atoms with E-state index in [4.69, 9.17) is 5.11 Å². The summed E-state index contributed by atoms with van der Waals surface area (Å²) in [6.07, 6.45) is 1.91. The number of benzene rings is 1. The van der Waals surface area contributed by atoms with Crippen molar-refractivity contribution in [2.45, 2.75) is 39.2 Å². The average molecular weight is 282 g/mol. The number of rotatable bonds is 6. The molecule has 0 fully saturated rings. The minimum absolute atomic E-state index is 0.308. The first-order chi connectivity index (χ1) is 9.45. The molecular formula is C14H19FN2O3. The number of urea groups is 1. The van der Waals surface area contributed by atoms with E-state index in [1.807, 2.05) is 6.92 Å². The van der Waals surface area contributed by atoms with Crippen molar-refractivity contribution in [3.8, 4) is 0 Å². The van der Waals surface area contributed by atoms with Crippen molar-refractivity contribution >= 4 is 17.7 Å². The number of carboxylic acid groups (broad SMARTS) is 1. The van der Waals surface area contributed by atoms with E-state index in [0.29, 0.717) is 24.1 Å². The number of nitrogens with one attached hydrogen (secondary N) is 2. The molecule has 0 bridgehead atoms. The number of amides is 2. The number of unbranched alkanes of at least 4 members (excludes halogenated alkanes) is 1. The molecule has 1 rings (SSSR count). The Kier molecular flexibility index (Phi) is 5.96. The van der Waals surface area contributed by atoms with Gasteiger partial charge in [-0.25, -0.2) is 14.0 Å². The Balaban J connectivity index is 2.66. The normalized spacial score (nSPS) is 11.8. The summed E-state index contributed by atoms with van der Waals surface area (Å²) in [6, 6.07) is 2.73. The monoisotopic (exact) mass is 282 g/mol. The van der Waals surface area contributed by atoms with Crippen molar-refractivity contribution in [3.63, 3.8) is 0 Å². The third-order valence-electron chi connectivity index (χ3n) is 2.97. The second kappa shape index (κ2) is 7.47. The topological polar surface area (TPSA) is 78.4 Å². The van der Waals surface area contributed by atoms with Crippen LogP contribution in [-0.4, -0.2) is 23.1 Å². The van der Waals surface area contributed by atoms with Crippen molar-refractivity contribution in [2.24, 2.45) is 0 Å². The summed E-state index contributed by atoms with van der Waals surface area (Å²) in [5, 5.41) is 13.8. The van der Waals surface area contributed by atoms with E-state index < -0.39 is 23.9 Å². The maximum absolute atomic E-state index is 13.3. The van der Waals surface area contributed by atoms with Crippen LogP contribution in [0, 0.1) is 12.7 Å². The number of hydrogen-bond acceptors (Lipinski definition) is 2. The molecule has 0 aromatic heterocycles. The molecule has 110 valence electrons. The average Bonchev–Trinajstić information content (AvgIpc) is 2.39. The van der Waals surface area contributed by atoms with Crippen molar-refractivity contribution in [1.29, 1.82) is 0 Å². The third-order valence-corrected chi connectivity index (χ3v) is 2.97. The van der Waals surface area contributed by atoms with Gasteiger partial charge in [-0.2, -0.15) is 0 Å². The van der Waals surface area contributed by atoms with Crippen LogP contribution in [0.15, 0.2) is 18.2 Å². The first-order valence-corrected chi connectivity index (χ1v) is 6.51. The zero-order chi connectivity index (χ0) is 15.1. The number of aliphatic carboxylic acids is 1. The maximum Gasteiger partial charge on any atom is 0.326 e. The SMILES string of the molecule is CCCCC(NC(=O)Nc1cccc(F)c1C)C(=O)O. The second-order valence-electron chi connectivity index (χ2n) is 4.54. The van der Waals surface area contributed by atoms with Crippen LogP contribution in [-0.2, 0) is 4.79 Å². The molecule has 0 saturated heterocycles. The molecule has 1 aromatic rings. The lowest BCUT2D eigenvalue weighted by atomic mass is 10.1. The summed E-state index contributed by atoms with van der Waals surface area (Å²) < 4.78 is 13.3. The Hall–Kier alpha value is -2.11. The van der Waals surface area contributed by atoms with Gasteiger partial charge in [-0.1, -0.05) is 25.8 Å². The van der Waals surface area contributed by atoms with E-state index in [9.17, 15) is 14.0 Å². The number of carbonyl (C=O) groups excluding carboxylic acids is 1. The molecule has 0 aliphatic heterocycles. The lowest BCUT2D eigenvalue weighted by Gasteiger charge is -2.15. The first-order valence-electron chi connectivity index (χ1n) is 6.51. The molecule has 1 aromatic carbocycles. The van der Waals surface area contributed by atoms with Gasteiger partial charge in [-0.3, -0.25) is 0 Å². The van der Waals surface area contributed by atoms with Gasteiger partial charge in [0.1, 0.15) is 11.9 Å². The Morgan fingerprint density at radius 3 is 2.70 bits per heavy atom. The van der Waals surface area contributed by atoms with Gasteiger partial charge in [-0.05, 0) is 25.5 Å². The molecule has 0 aliphatic carbocycles. The fraction of sp³-hybridized carbons (Fsp3) is 0.429. The molecule has 0 spiro atoms. The summed E-state index contributed by atoms with van der Waals surface area (Å²) in [5.41, 5.74) is 0.630. The maximum atomic E-state index is 13.3. The fourth-order valence-corrected chi connectivity index (χ4v) is 1.73. The highest BCUT2D eigenvalue weighted by Crippen LogP contribution is 2.17. The highest BCUT2D eigenvalue weighted by molar-refractivity contribution is 5.92. The fourth-order valence-electron chi connectivity index (χ4n) is 1.73. The van der Waals surface area contributed by atoms with Crippen molar-refractivity contribution in [3.05, 3.63) is 29.6 Å². The first kappa shape index (κ1) is 15.9. The molecule has 2 amide bonds. The van der Waals surface area contributed by atoms with Crippen LogP contribution in [0.5, 0.6) is 0 Å². The largest absolute Gasteiger partial charge is 0.480 e. The smallest absolute Gasteiger partial charge is 0.326 e. The lowest BCUT2D eigenvalue weighted by molar-refractivity contribution is -0.139. The number of halogens is 1. The second-order valence-corrected chi connectivity index (χ2v) is 4.54. The zero-order valence-electron chi connectivity index (χ0n) is 11.6. The van der Waals surface area contributed by atoms with Gasteiger partial charge in [0.05, 0.1) is 0 Å². The number of carbonyl (C=O) groups is 2. The molecule has 0 aliphatic rings. The van der Waals surface area contributed by atoms with Crippen LogP contribution < -0.4 is 10.6 Å². The minimum Gasteiger partial charge on any atom is -0.480 e. The van der Waals surface area contributed by atoms with Crippen LogP contribution in [0.25, 0.3) is 0 Å². The molecule has 5 nitrogen and oxygen atoms in total. The molecule has 0 radical (unpaired) electrons. The van der Waals surface area contributed by atoms with E-state index >= 15 is 0 Å². The molecule has 0 heterocycles. The number of hydrogen-bond donors (Lipinski definition) is 3. The number of anilines is 1. The van der Waals surface area contributed by atoms with Crippen molar-refractivity contribution in [2.75, 3.05) is 5.32 Å². The molecular weight excluding hydrogens is 263 g/mol. The van der Waals surface area contributed by atoms with E-state index in [1.165, 1.54) is 19.1 Å². The summed E-state index contributed by atoms with van der Waals surface area (Å²) in [6.45, 7) is 3.48. The van der Waals surface area contributed by atoms with Gasteiger partial charge in [0.25, 0.3) is 0 Å². The highest BCUT2D eigenvalue weighted by atomic mass is 19.1. The van der Waals surface area contributed by atoms with E-state index in [0.717, 1.165) is 6.42 Å². The molecule has 1 atom stereocenters. The van der Waals surface area contributed by atoms with Crippen molar-refractivity contribution in [1.82, 2.24) is 5.32 Å². The highest BCUT2D eigenvalue weighted by Gasteiger charge is 2.19. The molecule has 0 saturated carbocycles. The van der Waals surface area contributed by atoms with Gasteiger partial charge in [0.2, 0.25) is 0 Å². The van der Waals surface area contributed by atoms with E-state index in [-0.39, 0.29) is 0 Å². The van der Waals surface area contributed by atoms with Crippen LogP contribution in [0.2, 0.25) is 0 Å². The van der Waals surface area contributed by atoms with Gasteiger partial charge in [0, 0.05) is 11.3 Å². The molecule has 6 heteroatoms. The minimum atomic E-state index is -1.08. The van der Waals surface area contributed by atoms with Crippen LogP contribution >= 0.6 is 0 Å². The Labute approximate surface area is 117 Å².